The normalized spacial score (nSPS) is 10.7. The molecule has 0 aliphatic rings. The van der Waals surface area contributed by atoms with Crippen LogP contribution >= 0.6 is 11.3 Å². The molecule has 0 saturated carbocycles. The number of rotatable bonds is 6. The molecular formula is C16H22N2S. The standard InChI is InChI=1S/C16H22N2S/c1-4-17-10-15-9-13(2)5-6-16(15)18(3)11-14-7-8-19-12-14/h5-9,12,17H,4,10-11H2,1-3H3. The van der Waals surface area contributed by atoms with Crippen molar-refractivity contribution in [2.24, 2.45) is 0 Å². The van der Waals surface area contributed by atoms with Crippen LogP contribution in [0.1, 0.15) is 23.6 Å². The van der Waals surface area contributed by atoms with Gasteiger partial charge in [-0.15, -0.1) is 0 Å². The van der Waals surface area contributed by atoms with Crippen LogP contribution in [-0.4, -0.2) is 13.6 Å². The third-order valence-electron chi connectivity index (χ3n) is 3.21. The highest BCUT2D eigenvalue weighted by Crippen LogP contribution is 2.23. The zero-order valence-corrected chi connectivity index (χ0v) is 12.8. The number of aryl methyl sites for hydroxylation is 1. The topological polar surface area (TPSA) is 15.3 Å². The quantitative estimate of drug-likeness (QED) is 0.862. The second-order valence-electron chi connectivity index (χ2n) is 4.90. The SMILES string of the molecule is CCNCc1cc(C)ccc1N(C)Cc1ccsc1. The molecule has 0 fully saturated rings. The van der Waals surface area contributed by atoms with E-state index in [9.17, 15) is 0 Å². The number of nitrogens with zero attached hydrogens (tertiary/aromatic N) is 1. The lowest BCUT2D eigenvalue weighted by atomic mass is 10.1. The van der Waals surface area contributed by atoms with Crippen LogP contribution in [0.5, 0.6) is 0 Å². The van der Waals surface area contributed by atoms with Gasteiger partial charge in [-0.3, -0.25) is 0 Å². The number of hydrogen-bond acceptors (Lipinski definition) is 3. The molecule has 0 saturated heterocycles. The van der Waals surface area contributed by atoms with E-state index < -0.39 is 0 Å². The van der Waals surface area contributed by atoms with Gasteiger partial charge in [-0.25, -0.2) is 0 Å². The molecular weight excluding hydrogens is 252 g/mol. The third kappa shape index (κ3) is 3.82. The summed E-state index contributed by atoms with van der Waals surface area (Å²) < 4.78 is 0. The molecule has 0 atom stereocenters. The van der Waals surface area contributed by atoms with Crippen molar-refractivity contribution in [3.8, 4) is 0 Å². The Balaban J connectivity index is 2.17. The molecule has 1 N–H and O–H groups in total. The first-order valence-electron chi connectivity index (χ1n) is 6.73. The largest absolute Gasteiger partial charge is 0.370 e. The van der Waals surface area contributed by atoms with Crippen molar-refractivity contribution < 1.29 is 0 Å². The molecule has 19 heavy (non-hydrogen) atoms. The summed E-state index contributed by atoms with van der Waals surface area (Å²) in [6.07, 6.45) is 0. The maximum absolute atomic E-state index is 3.42. The molecule has 1 aromatic carbocycles. The fourth-order valence-electron chi connectivity index (χ4n) is 2.23. The predicted molar refractivity (Wildman–Crippen MR) is 85.0 cm³/mol. The number of hydrogen-bond donors (Lipinski definition) is 1. The van der Waals surface area contributed by atoms with E-state index in [-0.39, 0.29) is 0 Å². The van der Waals surface area contributed by atoms with Crippen LogP contribution in [0.2, 0.25) is 0 Å². The number of benzene rings is 1. The third-order valence-corrected chi connectivity index (χ3v) is 3.94. The maximum Gasteiger partial charge on any atom is 0.0434 e. The van der Waals surface area contributed by atoms with Gasteiger partial charge < -0.3 is 10.2 Å². The van der Waals surface area contributed by atoms with E-state index >= 15 is 0 Å². The van der Waals surface area contributed by atoms with E-state index in [2.05, 4.69) is 66.1 Å². The minimum absolute atomic E-state index is 0.932. The zero-order chi connectivity index (χ0) is 13.7. The molecule has 2 nitrogen and oxygen atoms in total. The van der Waals surface area contributed by atoms with Gasteiger partial charge in [0.15, 0.2) is 0 Å². The molecule has 0 bridgehead atoms. The van der Waals surface area contributed by atoms with Crippen LogP contribution in [0, 0.1) is 6.92 Å². The Labute approximate surface area is 120 Å². The van der Waals surface area contributed by atoms with Crippen molar-refractivity contribution in [3.05, 3.63) is 51.7 Å². The monoisotopic (exact) mass is 274 g/mol. The molecule has 0 aliphatic carbocycles. The summed E-state index contributed by atoms with van der Waals surface area (Å²) >= 11 is 1.76. The van der Waals surface area contributed by atoms with Crippen LogP contribution in [0.3, 0.4) is 0 Å². The van der Waals surface area contributed by atoms with Crippen molar-refractivity contribution in [1.82, 2.24) is 5.32 Å². The summed E-state index contributed by atoms with van der Waals surface area (Å²) in [5, 5.41) is 7.77. The van der Waals surface area contributed by atoms with Crippen LogP contribution < -0.4 is 10.2 Å². The minimum atomic E-state index is 0.932. The lowest BCUT2D eigenvalue weighted by Gasteiger charge is -2.23. The second kappa shape index (κ2) is 6.73. The Morgan fingerprint density at radius 3 is 2.79 bits per heavy atom. The molecule has 1 heterocycles. The number of anilines is 1. The minimum Gasteiger partial charge on any atom is -0.370 e. The summed E-state index contributed by atoms with van der Waals surface area (Å²) in [7, 11) is 2.16. The van der Waals surface area contributed by atoms with Crippen molar-refractivity contribution in [3.63, 3.8) is 0 Å². The van der Waals surface area contributed by atoms with E-state index in [4.69, 9.17) is 0 Å². The van der Waals surface area contributed by atoms with E-state index in [1.165, 1.54) is 22.4 Å². The van der Waals surface area contributed by atoms with Crippen LogP contribution in [-0.2, 0) is 13.1 Å². The van der Waals surface area contributed by atoms with E-state index in [0.29, 0.717) is 0 Å². The highest BCUT2D eigenvalue weighted by molar-refractivity contribution is 7.07. The molecule has 2 aromatic rings. The molecule has 0 aliphatic heterocycles. The fourth-order valence-corrected chi connectivity index (χ4v) is 2.89. The Bertz CT molecular complexity index is 505. The molecule has 102 valence electrons. The first kappa shape index (κ1) is 14.1. The van der Waals surface area contributed by atoms with Crippen molar-refractivity contribution >= 4 is 17.0 Å². The average molecular weight is 274 g/mol. The smallest absolute Gasteiger partial charge is 0.0434 e. The van der Waals surface area contributed by atoms with Crippen molar-refractivity contribution in [2.45, 2.75) is 26.9 Å². The van der Waals surface area contributed by atoms with Gasteiger partial charge in [0, 0.05) is 25.8 Å². The summed E-state index contributed by atoms with van der Waals surface area (Å²) in [6, 6.07) is 8.89. The maximum atomic E-state index is 3.42. The average Bonchev–Trinajstić information content (AvgIpc) is 2.89. The zero-order valence-electron chi connectivity index (χ0n) is 11.9. The lowest BCUT2D eigenvalue weighted by molar-refractivity contribution is 0.722. The van der Waals surface area contributed by atoms with Crippen LogP contribution in [0.4, 0.5) is 5.69 Å². The van der Waals surface area contributed by atoms with Crippen molar-refractivity contribution in [2.75, 3.05) is 18.5 Å². The summed E-state index contributed by atoms with van der Waals surface area (Å²) in [4.78, 5) is 2.33. The van der Waals surface area contributed by atoms with Crippen LogP contribution in [0.25, 0.3) is 0 Å². The van der Waals surface area contributed by atoms with Gasteiger partial charge >= 0.3 is 0 Å². The highest BCUT2D eigenvalue weighted by atomic mass is 32.1. The Kier molecular flexibility index (Phi) is 5.00. The van der Waals surface area contributed by atoms with Crippen molar-refractivity contribution in [1.29, 1.82) is 0 Å². The Morgan fingerprint density at radius 2 is 2.11 bits per heavy atom. The molecule has 0 spiro atoms. The second-order valence-corrected chi connectivity index (χ2v) is 5.68. The van der Waals surface area contributed by atoms with E-state index in [1.54, 1.807) is 11.3 Å². The highest BCUT2D eigenvalue weighted by Gasteiger charge is 2.08. The van der Waals surface area contributed by atoms with Gasteiger partial charge in [0.05, 0.1) is 0 Å². The summed E-state index contributed by atoms with van der Waals surface area (Å²) in [6.45, 7) is 7.19. The Hall–Kier alpha value is -1.32. The first-order valence-corrected chi connectivity index (χ1v) is 7.67. The van der Waals surface area contributed by atoms with Gasteiger partial charge in [0.2, 0.25) is 0 Å². The number of nitrogens with one attached hydrogen (secondary N) is 1. The van der Waals surface area contributed by atoms with Gasteiger partial charge in [-0.1, -0.05) is 24.6 Å². The number of thiophene rings is 1. The fraction of sp³-hybridized carbons (Fsp3) is 0.375. The van der Waals surface area contributed by atoms with Gasteiger partial charge in [0.25, 0.3) is 0 Å². The molecule has 2 rings (SSSR count). The van der Waals surface area contributed by atoms with Gasteiger partial charge in [0.1, 0.15) is 0 Å². The van der Waals surface area contributed by atoms with E-state index in [1.807, 2.05) is 0 Å². The predicted octanol–water partition coefficient (Wildman–Crippen LogP) is 3.80. The summed E-state index contributed by atoms with van der Waals surface area (Å²) in [5.74, 6) is 0. The van der Waals surface area contributed by atoms with Crippen LogP contribution in [0.15, 0.2) is 35.0 Å². The molecule has 1 aromatic heterocycles. The Morgan fingerprint density at radius 1 is 1.26 bits per heavy atom. The lowest BCUT2D eigenvalue weighted by Crippen LogP contribution is -2.20. The molecule has 0 unspecified atom stereocenters. The molecule has 0 radical (unpaired) electrons. The molecule has 0 amide bonds. The van der Waals surface area contributed by atoms with Gasteiger partial charge in [-0.05, 0) is 47.5 Å². The summed E-state index contributed by atoms with van der Waals surface area (Å²) in [5.41, 5.74) is 5.39. The molecule has 3 heteroatoms. The first-order chi connectivity index (χ1) is 9.20. The van der Waals surface area contributed by atoms with Gasteiger partial charge in [-0.2, -0.15) is 11.3 Å². The van der Waals surface area contributed by atoms with E-state index in [0.717, 1.165) is 19.6 Å².